The summed E-state index contributed by atoms with van der Waals surface area (Å²) in [6, 6.07) is 5.93. The molecule has 0 saturated heterocycles. The SMILES string of the molecule is C[C@@]12C[C@@H]1C=C1c3cc(Cl)ccc3OC[C@@H]12. The largest absolute Gasteiger partial charge is 0.492 e. The summed E-state index contributed by atoms with van der Waals surface area (Å²) in [6.07, 6.45) is 3.78. The normalized spacial score (nSPS) is 38.0. The second kappa shape index (κ2) is 2.65. The fourth-order valence-electron chi connectivity index (χ4n) is 3.34. The molecule has 0 unspecified atom stereocenters. The van der Waals surface area contributed by atoms with Gasteiger partial charge in [-0.25, -0.2) is 0 Å². The molecule has 16 heavy (non-hydrogen) atoms. The van der Waals surface area contributed by atoms with Crippen LogP contribution >= 0.6 is 11.6 Å². The summed E-state index contributed by atoms with van der Waals surface area (Å²) in [5.41, 5.74) is 3.18. The lowest BCUT2D eigenvalue weighted by Gasteiger charge is -2.30. The highest BCUT2D eigenvalue weighted by atomic mass is 35.5. The highest BCUT2D eigenvalue weighted by Gasteiger charge is 2.60. The first-order chi connectivity index (χ1) is 7.68. The van der Waals surface area contributed by atoms with E-state index in [9.17, 15) is 0 Å². The lowest BCUT2D eigenvalue weighted by Crippen LogP contribution is -2.24. The van der Waals surface area contributed by atoms with E-state index in [4.69, 9.17) is 16.3 Å². The fourth-order valence-corrected chi connectivity index (χ4v) is 3.51. The Bertz CT molecular complexity index is 519. The molecule has 1 saturated carbocycles. The summed E-state index contributed by atoms with van der Waals surface area (Å²) >= 11 is 6.07. The molecule has 2 aliphatic carbocycles. The number of rotatable bonds is 0. The number of fused-ring (bicyclic) bond motifs is 5. The molecule has 4 rings (SSSR count). The van der Waals surface area contributed by atoms with Crippen LogP contribution in [0.15, 0.2) is 24.3 Å². The molecule has 1 heterocycles. The number of halogens is 1. The summed E-state index contributed by atoms with van der Waals surface area (Å²) in [5, 5.41) is 0.801. The van der Waals surface area contributed by atoms with Crippen molar-refractivity contribution < 1.29 is 4.74 Å². The molecule has 1 aromatic carbocycles. The highest BCUT2D eigenvalue weighted by molar-refractivity contribution is 6.30. The van der Waals surface area contributed by atoms with Crippen LogP contribution in [0.5, 0.6) is 5.75 Å². The van der Waals surface area contributed by atoms with Crippen LogP contribution in [0.1, 0.15) is 18.9 Å². The Balaban J connectivity index is 1.89. The van der Waals surface area contributed by atoms with Crippen LogP contribution in [0.25, 0.3) is 5.57 Å². The van der Waals surface area contributed by atoms with Crippen molar-refractivity contribution in [1.29, 1.82) is 0 Å². The Morgan fingerprint density at radius 1 is 1.44 bits per heavy atom. The molecule has 0 radical (unpaired) electrons. The van der Waals surface area contributed by atoms with Crippen LogP contribution < -0.4 is 4.74 Å². The Morgan fingerprint density at radius 3 is 3.19 bits per heavy atom. The van der Waals surface area contributed by atoms with Crippen molar-refractivity contribution >= 4 is 17.2 Å². The predicted octanol–water partition coefficient (Wildman–Crippen LogP) is 3.77. The smallest absolute Gasteiger partial charge is 0.126 e. The Hall–Kier alpha value is -0.950. The molecule has 3 atom stereocenters. The molecule has 1 nitrogen and oxygen atoms in total. The average Bonchev–Trinajstić information content (AvgIpc) is 2.83. The van der Waals surface area contributed by atoms with E-state index >= 15 is 0 Å². The number of hydrogen-bond donors (Lipinski definition) is 0. The van der Waals surface area contributed by atoms with Gasteiger partial charge in [-0.1, -0.05) is 24.6 Å². The fraction of sp³-hybridized carbons (Fsp3) is 0.429. The van der Waals surface area contributed by atoms with Gasteiger partial charge < -0.3 is 4.74 Å². The quantitative estimate of drug-likeness (QED) is 0.662. The van der Waals surface area contributed by atoms with Gasteiger partial charge in [-0.3, -0.25) is 0 Å². The van der Waals surface area contributed by atoms with Crippen LogP contribution in [-0.2, 0) is 0 Å². The van der Waals surface area contributed by atoms with Crippen LogP contribution in [-0.4, -0.2) is 6.61 Å². The Morgan fingerprint density at radius 2 is 2.31 bits per heavy atom. The molecule has 1 fully saturated rings. The van der Waals surface area contributed by atoms with E-state index in [1.807, 2.05) is 18.2 Å². The van der Waals surface area contributed by atoms with E-state index in [0.29, 0.717) is 11.3 Å². The van der Waals surface area contributed by atoms with Gasteiger partial charge in [0.2, 0.25) is 0 Å². The highest BCUT2D eigenvalue weighted by Crippen LogP contribution is 2.68. The van der Waals surface area contributed by atoms with E-state index in [2.05, 4.69) is 13.0 Å². The standard InChI is InChI=1S/C14H13ClO/c1-14-6-8(14)4-10-11-5-9(15)2-3-13(11)16-7-12(10)14/h2-5,8,12H,6-7H2,1H3/t8-,12-,14+/m0/s1. The molecule has 0 spiro atoms. The minimum Gasteiger partial charge on any atom is -0.492 e. The molecule has 0 amide bonds. The van der Waals surface area contributed by atoms with Gasteiger partial charge in [-0.2, -0.15) is 0 Å². The average molecular weight is 233 g/mol. The van der Waals surface area contributed by atoms with E-state index < -0.39 is 0 Å². The van der Waals surface area contributed by atoms with Crippen molar-refractivity contribution in [3.63, 3.8) is 0 Å². The first-order valence-electron chi connectivity index (χ1n) is 5.83. The van der Waals surface area contributed by atoms with Gasteiger partial charge in [-0.05, 0) is 41.5 Å². The molecule has 3 aliphatic rings. The number of ether oxygens (including phenoxy) is 1. The van der Waals surface area contributed by atoms with Gasteiger partial charge in [0.25, 0.3) is 0 Å². The van der Waals surface area contributed by atoms with E-state index in [1.165, 1.54) is 17.6 Å². The maximum Gasteiger partial charge on any atom is 0.126 e. The summed E-state index contributed by atoms with van der Waals surface area (Å²) in [6.45, 7) is 3.22. The first-order valence-corrected chi connectivity index (χ1v) is 6.21. The lowest BCUT2D eigenvalue weighted by atomic mass is 9.83. The Labute approximate surface area is 100 Å². The van der Waals surface area contributed by atoms with Crippen LogP contribution in [0.4, 0.5) is 0 Å². The van der Waals surface area contributed by atoms with Crippen molar-refractivity contribution in [2.24, 2.45) is 17.3 Å². The summed E-state index contributed by atoms with van der Waals surface area (Å²) in [5.74, 6) is 2.36. The maximum absolute atomic E-state index is 6.07. The second-order valence-corrected chi connectivity index (χ2v) is 5.88. The van der Waals surface area contributed by atoms with Gasteiger partial charge >= 0.3 is 0 Å². The van der Waals surface area contributed by atoms with E-state index in [1.54, 1.807) is 0 Å². The molecule has 0 bridgehead atoms. The van der Waals surface area contributed by atoms with Crippen molar-refractivity contribution in [3.05, 3.63) is 34.9 Å². The third-order valence-electron chi connectivity index (χ3n) is 4.56. The van der Waals surface area contributed by atoms with E-state index in [0.717, 1.165) is 23.3 Å². The van der Waals surface area contributed by atoms with Gasteiger partial charge in [0.15, 0.2) is 0 Å². The molecular weight excluding hydrogens is 220 g/mol. The minimum absolute atomic E-state index is 0.481. The van der Waals surface area contributed by atoms with E-state index in [-0.39, 0.29) is 0 Å². The van der Waals surface area contributed by atoms with Crippen molar-refractivity contribution in [1.82, 2.24) is 0 Å². The number of allylic oxidation sites excluding steroid dienone is 1. The molecule has 2 heteroatoms. The monoisotopic (exact) mass is 232 g/mol. The molecule has 0 aromatic heterocycles. The third kappa shape index (κ3) is 0.977. The lowest BCUT2D eigenvalue weighted by molar-refractivity contribution is 0.220. The van der Waals surface area contributed by atoms with Gasteiger partial charge in [0.05, 0.1) is 6.61 Å². The summed E-state index contributed by atoms with van der Waals surface area (Å²) < 4.78 is 5.86. The summed E-state index contributed by atoms with van der Waals surface area (Å²) in [7, 11) is 0. The molecular formula is C14H13ClO. The van der Waals surface area contributed by atoms with Crippen molar-refractivity contribution in [3.8, 4) is 5.75 Å². The van der Waals surface area contributed by atoms with Gasteiger partial charge in [-0.15, -0.1) is 0 Å². The first kappa shape index (κ1) is 9.12. The molecule has 1 aliphatic heterocycles. The zero-order chi connectivity index (χ0) is 10.9. The predicted molar refractivity (Wildman–Crippen MR) is 64.6 cm³/mol. The maximum atomic E-state index is 6.07. The zero-order valence-corrected chi connectivity index (χ0v) is 9.92. The number of hydrogen-bond acceptors (Lipinski definition) is 1. The minimum atomic E-state index is 0.481. The second-order valence-electron chi connectivity index (χ2n) is 5.44. The van der Waals surface area contributed by atoms with Gasteiger partial charge in [0, 0.05) is 16.5 Å². The van der Waals surface area contributed by atoms with Gasteiger partial charge in [0.1, 0.15) is 5.75 Å². The van der Waals surface area contributed by atoms with Crippen LogP contribution in [0.3, 0.4) is 0 Å². The van der Waals surface area contributed by atoms with Crippen molar-refractivity contribution in [2.75, 3.05) is 6.61 Å². The Kier molecular flexibility index (Phi) is 1.51. The van der Waals surface area contributed by atoms with Crippen LogP contribution in [0.2, 0.25) is 5.02 Å². The van der Waals surface area contributed by atoms with Crippen LogP contribution in [0, 0.1) is 17.3 Å². The molecule has 82 valence electrons. The molecule has 0 N–H and O–H groups in total. The molecule has 1 aromatic rings. The number of benzene rings is 1. The van der Waals surface area contributed by atoms with Crippen molar-refractivity contribution in [2.45, 2.75) is 13.3 Å². The topological polar surface area (TPSA) is 9.23 Å². The third-order valence-corrected chi connectivity index (χ3v) is 4.79. The summed E-state index contributed by atoms with van der Waals surface area (Å²) in [4.78, 5) is 0. The zero-order valence-electron chi connectivity index (χ0n) is 9.16.